The second kappa shape index (κ2) is 9.89. The zero-order chi connectivity index (χ0) is 24.4. The minimum absolute atomic E-state index is 0.207. The van der Waals surface area contributed by atoms with Gasteiger partial charge in [-0.2, -0.15) is 0 Å². The fourth-order valence-corrected chi connectivity index (χ4v) is 4.94. The van der Waals surface area contributed by atoms with Crippen molar-refractivity contribution in [3.8, 4) is 10.6 Å². The quantitative estimate of drug-likeness (QED) is 0.371. The van der Waals surface area contributed by atoms with Crippen LogP contribution in [0, 0.1) is 0 Å². The first kappa shape index (κ1) is 23.1. The van der Waals surface area contributed by atoms with Crippen molar-refractivity contribution >= 4 is 51.6 Å². The summed E-state index contributed by atoms with van der Waals surface area (Å²) in [6, 6.07) is 15.8. The number of amides is 2. The van der Waals surface area contributed by atoms with E-state index in [1.54, 1.807) is 40.1 Å². The number of ether oxygens (including phenoxy) is 1. The number of thiophene rings is 1. The summed E-state index contributed by atoms with van der Waals surface area (Å²) in [6.45, 7) is 1.07. The normalized spacial score (nSPS) is 13.7. The molecule has 4 aromatic rings. The van der Waals surface area contributed by atoms with Crippen molar-refractivity contribution in [3.63, 3.8) is 0 Å². The van der Waals surface area contributed by atoms with E-state index >= 15 is 0 Å². The second-order valence-electron chi connectivity index (χ2n) is 7.90. The third kappa shape index (κ3) is 4.91. The van der Waals surface area contributed by atoms with Gasteiger partial charge in [-0.3, -0.25) is 9.59 Å². The Hall–Kier alpha value is -3.69. The molecular weight excluding hydrogens is 490 g/mol. The molecule has 5 rings (SSSR count). The molecule has 0 N–H and O–H groups in total. The van der Waals surface area contributed by atoms with Gasteiger partial charge in [0.15, 0.2) is 12.4 Å². The molecule has 1 aliphatic heterocycles. The van der Waals surface area contributed by atoms with E-state index in [4.69, 9.17) is 20.8 Å². The van der Waals surface area contributed by atoms with E-state index in [1.165, 1.54) is 17.6 Å². The number of piperazine rings is 1. The van der Waals surface area contributed by atoms with Gasteiger partial charge >= 0.3 is 5.97 Å². The highest BCUT2D eigenvalue weighted by Gasteiger charge is 2.27. The van der Waals surface area contributed by atoms with Crippen molar-refractivity contribution in [1.29, 1.82) is 0 Å². The summed E-state index contributed by atoms with van der Waals surface area (Å²) in [6.07, 6.45) is 1.45. The van der Waals surface area contributed by atoms with E-state index < -0.39 is 5.97 Å². The fourth-order valence-electron chi connectivity index (χ4n) is 3.93. The number of pyridine rings is 1. The zero-order valence-corrected chi connectivity index (χ0v) is 20.1. The van der Waals surface area contributed by atoms with E-state index in [-0.39, 0.29) is 24.2 Å². The highest BCUT2D eigenvalue weighted by Crippen LogP contribution is 2.32. The molecule has 8 nitrogen and oxygen atoms in total. The van der Waals surface area contributed by atoms with Crippen LogP contribution in [-0.4, -0.2) is 65.4 Å². The maximum absolute atomic E-state index is 13.0. The molecule has 10 heteroatoms. The zero-order valence-electron chi connectivity index (χ0n) is 18.5. The summed E-state index contributed by atoms with van der Waals surface area (Å²) in [7, 11) is 0. The van der Waals surface area contributed by atoms with E-state index in [9.17, 15) is 14.4 Å². The first-order chi connectivity index (χ1) is 17.0. The first-order valence-electron chi connectivity index (χ1n) is 10.9. The molecular formula is C25H20ClN3O5S. The minimum Gasteiger partial charge on any atom is -0.459 e. The molecule has 0 radical (unpaired) electrons. The Morgan fingerprint density at radius 3 is 2.49 bits per heavy atom. The highest BCUT2D eigenvalue weighted by molar-refractivity contribution is 7.19. The molecule has 1 fully saturated rings. The Morgan fingerprint density at radius 2 is 1.77 bits per heavy atom. The highest BCUT2D eigenvalue weighted by atomic mass is 35.5. The SMILES string of the molecule is O=C(OCC(=O)N1CCN(C(=O)c2ccco2)CC1)c1cc(-c2ccc(Cl)s2)nc2ccccc12. The van der Waals surface area contributed by atoms with Gasteiger partial charge in [-0.1, -0.05) is 29.8 Å². The van der Waals surface area contributed by atoms with E-state index in [0.717, 1.165) is 4.88 Å². The number of rotatable bonds is 5. The summed E-state index contributed by atoms with van der Waals surface area (Å²) >= 11 is 7.44. The number of nitrogens with zero attached hydrogens (tertiary/aromatic N) is 3. The smallest absolute Gasteiger partial charge is 0.339 e. The summed E-state index contributed by atoms with van der Waals surface area (Å²) in [5.74, 6) is -0.854. The van der Waals surface area contributed by atoms with Crippen molar-refractivity contribution < 1.29 is 23.5 Å². The number of hydrogen-bond donors (Lipinski definition) is 0. The molecule has 2 amide bonds. The molecule has 1 aliphatic rings. The van der Waals surface area contributed by atoms with Crippen LogP contribution >= 0.6 is 22.9 Å². The van der Waals surface area contributed by atoms with Gasteiger partial charge in [0.2, 0.25) is 0 Å². The summed E-state index contributed by atoms with van der Waals surface area (Å²) < 4.78 is 11.2. The number of carbonyl (C=O) groups is 3. The van der Waals surface area contributed by atoms with Crippen LogP contribution in [-0.2, 0) is 9.53 Å². The molecule has 178 valence electrons. The lowest BCUT2D eigenvalue weighted by Crippen LogP contribution is -2.51. The van der Waals surface area contributed by atoms with Crippen LogP contribution in [0.5, 0.6) is 0 Å². The van der Waals surface area contributed by atoms with Crippen molar-refractivity contribution in [3.05, 3.63) is 76.5 Å². The van der Waals surface area contributed by atoms with Crippen LogP contribution in [0.15, 0.2) is 65.3 Å². The maximum atomic E-state index is 13.0. The Bertz CT molecular complexity index is 1390. The number of aromatic nitrogens is 1. The number of hydrogen-bond acceptors (Lipinski definition) is 7. The molecule has 4 heterocycles. The molecule has 0 spiro atoms. The van der Waals surface area contributed by atoms with E-state index in [0.29, 0.717) is 52.7 Å². The number of fused-ring (bicyclic) bond motifs is 1. The average Bonchev–Trinajstić information content (AvgIpc) is 3.58. The standard InChI is InChI=1S/C25H20ClN3O5S/c26-22-8-7-21(35-22)19-14-17(16-4-1-2-5-18(16)27-19)25(32)34-15-23(30)28-9-11-29(12-10-28)24(31)20-6-3-13-33-20/h1-8,13-14H,9-12,15H2. The third-order valence-corrected chi connectivity index (χ3v) is 6.99. The maximum Gasteiger partial charge on any atom is 0.339 e. The summed E-state index contributed by atoms with van der Waals surface area (Å²) in [5.41, 5.74) is 1.58. The van der Waals surface area contributed by atoms with Crippen molar-refractivity contribution in [2.75, 3.05) is 32.8 Å². The number of benzene rings is 1. The molecule has 1 saturated heterocycles. The average molecular weight is 510 g/mol. The van der Waals surface area contributed by atoms with Gasteiger partial charge in [-0.05, 0) is 36.4 Å². The topological polar surface area (TPSA) is 93.0 Å². The van der Waals surface area contributed by atoms with Gasteiger partial charge in [0.05, 0.1) is 32.3 Å². The van der Waals surface area contributed by atoms with Gasteiger partial charge in [0, 0.05) is 31.6 Å². The predicted octanol–water partition coefficient (Wildman–Crippen LogP) is 4.35. The van der Waals surface area contributed by atoms with Crippen molar-refractivity contribution in [1.82, 2.24) is 14.8 Å². The second-order valence-corrected chi connectivity index (χ2v) is 9.62. The molecule has 0 atom stereocenters. The Kier molecular flexibility index (Phi) is 6.52. The molecule has 0 unspecified atom stereocenters. The van der Waals surface area contributed by atoms with Gasteiger partial charge in [0.25, 0.3) is 11.8 Å². The molecule has 0 saturated carbocycles. The van der Waals surface area contributed by atoms with Crippen LogP contribution in [0.1, 0.15) is 20.9 Å². The molecule has 3 aromatic heterocycles. The number of para-hydroxylation sites is 1. The van der Waals surface area contributed by atoms with E-state index in [1.807, 2.05) is 24.3 Å². The molecule has 35 heavy (non-hydrogen) atoms. The minimum atomic E-state index is -0.604. The summed E-state index contributed by atoms with van der Waals surface area (Å²) in [5, 5.41) is 0.640. The van der Waals surface area contributed by atoms with Crippen molar-refractivity contribution in [2.24, 2.45) is 0 Å². The monoisotopic (exact) mass is 509 g/mol. The van der Waals surface area contributed by atoms with E-state index in [2.05, 4.69) is 4.98 Å². The lowest BCUT2D eigenvalue weighted by Gasteiger charge is -2.34. The number of halogens is 1. The lowest BCUT2D eigenvalue weighted by molar-refractivity contribution is -0.136. The Morgan fingerprint density at radius 1 is 1.00 bits per heavy atom. The Balaban J connectivity index is 1.24. The number of carbonyl (C=O) groups excluding carboxylic acids is 3. The largest absolute Gasteiger partial charge is 0.459 e. The Labute approximate surface area is 209 Å². The van der Waals surface area contributed by atoms with Crippen molar-refractivity contribution in [2.45, 2.75) is 0 Å². The van der Waals surface area contributed by atoms with Gasteiger partial charge in [-0.25, -0.2) is 9.78 Å². The molecule has 0 bridgehead atoms. The van der Waals surface area contributed by atoms with Crippen LogP contribution in [0.4, 0.5) is 0 Å². The first-order valence-corrected chi connectivity index (χ1v) is 12.1. The van der Waals surface area contributed by atoms with Crippen LogP contribution in [0.3, 0.4) is 0 Å². The number of esters is 1. The molecule has 1 aromatic carbocycles. The van der Waals surface area contributed by atoms with Crippen LogP contribution in [0.2, 0.25) is 4.34 Å². The predicted molar refractivity (Wildman–Crippen MR) is 132 cm³/mol. The van der Waals surface area contributed by atoms with Crippen LogP contribution in [0.25, 0.3) is 21.5 Å². The van der Waals surface area contributed by atoms with Gasteiger partial charge < -0.3 is 19.0 Å². The lowest BCUT2D eigenvalue weighted by atomic mass is 10.1. The molecule has 0 aliphatic carbocycles. The number of furan rings is 1. The summed E-state index contributed by atoms with van der Waals surface area (Å²) in [4.78, 5) is 46.8. The fraction of sp³-hybridized carbons (Fsp3) is 0.200. The van der Waals surface area contributed by atoms with Crippen LogP contribution < -0.4 is 0 Å². The van der Waals surface area contributed by atoms with Gasteiger partial charge in [-0.15, -0.1) is 11.3 Å². The van der Waals surface area contributed by atoms with Gasteiger partial charge in [0.1, 0.15) is 0 Å². The third-order valence-electron chi connectivity index (χ3n) is 5.74.